The van der Waals surface area contributed by atoms with E-state index in [4.69, 9.17) is 43.7 Å². The van der Waals surface area contributed by atoms with Crippen molar-refractivity contribution >= 4 is 27.0 Å². The molecule has 14 rings (SSSR count). The van der Waals surface area contributed by atoms with E-state index < -0.39 is 32.7 Å². The van der Waals surface area contributed by atoms with Crippen LogP contribution in [0.5, 0.6) is 28.7 Å². The lowest BCUT2D eigenvalue weighted by atomic mass is 9.49. The van der Waals surface area contributed by atoms with Crippen LogP contribution in [0.15, 0.2) is 238 Å². The standard InChI is InChI=1S/C23H34O2.C18H12F3S.C18H34O3.C16H26O2.C10H14O3S.3C10H14O/c1-4-16(2)20-5-7-21(8-6-20)25-22(24-3)15-23-12-17-9-18(13-23)11-19(10-17)14-23;19-13-1-7-16(8-2-13)22(17-9-3-14(20)4-10-17)18-11-5-15(21)6-12-18;1-7-18(5,6)16(19)21-15(13-17(2,3)4)20-14-11-9-8-10-12-14;1-7-12(2)13-8-10-14(11-9-13)18-15(17-6)16(3,4)5;1-3-8(2)9-4-6-10(7-5-9)14(11,12)13;3*1-3-8(2)9-4-6-10(11)7-5-9/h5-8,16-19,22H,4,9-15H2,1-3H3;1-12H;14-15H,7-13H2,1-6H3;8-12,15H,7H2,1-6H3;4-8H,3H2,1-2H3,(H,11,12,13);3*4-8,11H,3H2,1-2H3/q;+1;;;;;;/p-1. The van der Waals surface area contributed by atoms with E-state index >= 15 is 0 Å². The van der Waals surface area contributed by atoms with Crippen molar-refractivity contribution in [2.24, 2.45) is 39.4 Å². The summed E-state index contributed by atoms with van der Waals surface area (Å²) in [6.07, 6.45) is 23.5. The van der Waals surface area contributed by atoms with Crippen LogP contribution in [0.2, 0.25) is 0 Å². The van der Waals surface area contributed by atoms with E-state index in [0.717, 1.165) is 114 Å². The van der Waals surface area contributed by atoms with Gasteiger partial charge in [-0.05, 0) is 353 Å². The zero-order valence-electron chi connectivity index (χ0n) is 84.3. The number of phenolic OH excluding ortho intramolecular Hbond substituents is 3. The van der Waals surface area contributed by atoms with Gasteiger partial charge in [-0.1, -0.05) is 224 Å². The first-order valence-electron chi connectivity index (χ1n) is 48.8. The van der Waals surface area contributed by atoms with E-state index in [9.17, 15) is 30.9 Å². The Morgan fingerprint density at radius 3 is 1.00 bits per heavy atom. The summed E-state index contributed by atoms with van der Waals surface area (Å²) < 4.78 is 107. The fourth-order valence-electron chi connectivity index (χ4n) is 17.0. The van der Waals surface area contributed by atoms with Crippen LogP contribution >= 0.6 is 0 Å². The number of ether oxygens (including phenoxy) is 6. The summed E-state index contributed by atoms with van der Waals surface area (Å²) in [7, 11) is -1.35. The highest BCUT2D eigenvalue weighted by molar-refractivity contribution is 7.97. The van der Waals surface area contributed by atoms with Crippen molar-refractivity contribution < 1.29 is 74.7 Å². The molecule has 9 aromatic rings. The topological polar surface area (TPSA) is 190 Å². The zero-order valence-corrected chi connectivity index (χ0v) is 85.9. The second-order valence-electron chi connectivity index (χ2n) is 40.1. The molecule has 9 aromatic carbocycles. The Kier molecular flexibility index (Phi) is 47.2. The molecule has 9 atom stereocenters. The first-order valence-corrected chi connectivity index (χ1v) is 51.4. The second-order valence-corrected chi connectivity index (χ2v) is 43.6. The van der Waals surface area contributed by atoms with Gasteiger partial charge in [-0.25, -0.2) is 21.6 Å². The molecule has 0 saturated heterocycles. The first-order chi connectivity index (χ1) is 62.9. The molecule has 133 heavy (non-hydrogen) atoms. The molecule has 13 nitrogen and oxygen atoms in total. The van der Waals surface area contributed by atoms with Crippen molar-refractivity contribution in [3.63, 3.8) is 0 Å². The SMILES string of the molecule is CCC(C)(C)C(=O)OC(CC(C)(C)C)OC1CCCCC1.CCC(C)c1ccc(O)cc1.CCC(C)c1ccc(O)cc1.CCC(C)c1ccc(O)cc1.CCC(C)c1ccc(OC(CC23CC4CC(CC(C4)C2)C3)OC)cc1.CCC(C)c1ccc(OC(OC)C(C)(C)C)cc1.CCC(C)c1ccc(S(=O)(=O)[O-])cc1.Fc1ccc([S+](c2ccc(F)cc2)c2ccc(F)cc2)cc1. The summed E-state index contributed by atoms with van der Waals surface area (Å²) in [6.45, 7) is 44.8. The zero-order chi connectivity index (χ0) is 98.4. The van der Waals surface area contributed by atoms with Crippen molar-refractivity contribution in [1.82, 2.24) is 0 Å². The molecule has 732 valence electrons. The van der Waals surface area contributed by atoms with E-state index in [1.807, 2.05) is 69.3 Å². The van der Waals surface area contributed by atoms with E-state index in [0.29, 0.717) is 58.2 Å². The Morgan fingerprint density at radius 2 is 0.729 bits per heavy atom. The molecule has 0 heterocycles. The van der Waals surface area contributed by atoms with Gasteiger partial charge in [0, 0.05) is 32.5 Å². The van der Waals surface area contributed by atoms with Gasteiger partial charge in [0.1, 0.15) is 56.3 Å². The Bertz CT molecular complexity index is 4570. The minimum absolute atomic E-state index is 0.0376. The number of carbonyl (C=O) groups excluding carboxylic acids is 1. The summed E-state index contributed by atoms with van der Waals surface area (Å²) in [5.41, 5.74) is 7.79. The lowest BCUT2D eigenvalue weighted by Gasteiger charge is -2.57. The summed E-state index contributed by atoms with van der Waals surface area (Å²) in [5.74, 6) is 8.09. The molecule has 0 spiro atoms. The minimum Gasteiger partial charge on any atom is -0.744 e. The van der Waals surface area contributed by atoms with Gasteiger partial charge in [0.05, 0.1) is 27.3 Å². The lowest BCUT2D eigenvalue weighted by molar-refractivity contribution is -0.207. The van der Waals surface area contributed by atoms with Crippen LogP contribution in [-0.4, -0.2) is 73.5 Å². The largest absolute Gasteiger partial charge is 0.744 e. The third kappa shape index (κ3) is 39.2. The molecule has 3 N–H and O–H groups in total. The fourth-order valence-corrected chi connectivity index (χ4v) is 19.5. The Morgan fingerprint density at radius 1 is 0.429 bits per heavy atom. The van der Waals surface area contributed by atoms with Gasteiger partial charge in [0.2, 0.25) is 12.6 Å². The molecule has 18 heteroatoms. The number of methoxy groups -OCH3 is 2. The average Bonchev–Trinajstić information content (AvgIpc) is 0.747. The van der Waals surface area contributed by atoms with Crippen LogP contribution in [0, 0.1) is 56.9 Å². The molecule has 0 aromatic heterocycles. The third-order valence-corrected chi connectivity index (χ3v) is 29.7. The molecule has 0 amide bonds. The number of halogens is 3. The predicted molar refractivity (Wildman–Crippen MR) is 539 cm³/mol. The molecule has 0 radical (unpaired) electrons. The van der Waals surface area contributed by atoms with Crippen LogP contribution in [0.25, 0.3) is 0 Å². The molecule has 4 bridgehead atoms. The molecular formula is C115H161F3O13S2. The number of hydrogen-bond donors (Lipinski definition) is 3. The van der Waals surface area contributed by atoms with Gasteiger partial charge in [0.25, 0.3) is 0 Å². The highest BCUT2D eigenvalue weighted by Gasteiger charge is 2.52. The maximum absolute atomic E-state index is 13.2. The normalized spacial score (nSPS) is 18.3. The molecule has 5 fully saturated rings. The fraction of sp³-hybridized carbons (Fsp3) is 0.522. The number of hydrogen-bond acceptors (Lipinski definition) is 13. The first kappa shape index (κ1) is 113. The van der Waals surface area contributed by atoms with E-state index in [2.05, 4.69) is 161 Å². The summed E-state index contributed by atoms with van der Waals surface area (Å²) in [6, 6.07) is 63.9. The number of carbonyl (C=O) groups is 1. The summed E-state index contributed by atoms with van der Waals surface area (Å²) in [4.78, 5) is 14.8. The van der Waals surface area contributed by atoms with Crippen molar-refractivity contribution in [2.45, 2.75) is 354 Å². The average molecular weight is 1870 g/mol. The summed E-state index contributed by atoms with van der Waals surface area (Å²) >= 11 is 0. The highest BCUT2D eigenvalue weighted by Crippen LogP contribution is 2.62. The Balaban J connectivity index is 0.000000238. The van der Waals surface area contributed by atoms with E-state index in [1.165, 1.54) is 141 Å². The van der Waals surface area contributed by atoms with Gasteiger partial charge >= 0.3 is 5.97 Å². The van der Waals surface area contributed by atoms with E-state index in [-0.39, 0.29) is 57.8 Å². The smallest absolute Gasteiger partial charge is 0.313 e. The molecule has 0 aliphatic heterocycles. The molecule has 9 unspecified atom stereocenters. The van der Waals surface area contributed by atoms with Crippen molar-refractivity contribution in [3.05, 3.63) is 269 Å². The van der Waals surface area contributed by atoms with E-state index in [1.54, 1.807) is 99.1 Å². The maximum atomic E-state index is 13.2. The van der Waals surface area contributed by atoms with Crippen LogP contribution in [0.1, 0.15) is 343 Å². The molecule has 5 saturated carbocycles. The van der Waals surface area contributed by atoms with Crippen molar-refractivity contribution in [3.8, 4) is 28.7 Å². The monoisotopic (exact) mass is 1870 g/mol. The molecule has 5 aliphatic carbocycles. The number of aromatic hydroxyl groups is 3. The van der Waals surface area contributed by atoms with Gasteiger partial charge in [-0.2, -0.15) is 0 Å². The lowest BCUT2D eigenvalue weighted by Crippen LogP contribution is -2.48. The minimum atomic E-state index is -4.30. The second kappa shape index (κ2) is 55.6. The summed E-state index contributed by atoms with van der Waals surface area (Å²) in [5, 5.41) is 27.0. The third-order valence-electron chi connectivity index (χ3n) is 26.7. The van der Waals surface area contributed by atoms with Crippen molar-refractivity contribution in [1.29, 1.82) is 0 Å². The van der Waals surface area contributed by atoms with Crippen LogP contribution in [0.4, 0.5) is 13.2 Å². The quantitative estimate of drug-likeness (QED) is 0.0167. The molecular weight excluding hydrogens is 1710 g/mol. The maximum Gasteiger partial charge on any atom is 0.313 e. The molecule has 5 aliphatic rings. The number of phenols is 3. The number of rotatable bonds is 30. The van der Waals surface area contributed by atoms with Crippen LogP contribution in [-0.2, 0) is 44.8 Å². The Hall–Kier alpha value is -8.62. The van der Waals surface area contributed by atoms with Gasteiger partial charge in [0.15, 0.2) is 21.0 Å². The number of benzene rings is 9. The highest BCUT2D eigenvalue weighted by atomic mass is 32.2. The van der Waals surface area contributed by atoms with Crippen molar-refractivity contribution in [2.75, 3.05) is 14.2 Å². The van der Waals surface area contributed by atoms with Crippen LogP contribution < -0.4 is 9.47 Å². The van der Waals surface area contributed by atoms with Gasteiger partial charge in [-0.3, -0.25) is 4.79 Å². The van der Waals surface area contributed by atoms with Gasteiger partial charge < -0.3 is 48.3 Å². The number of esters is 1. The van der Waals surface area contributed by atoms with Gasteiger partial charge in [-0.15, -0.1) is 0 Å². The predicted octanol–water partition coefficient (Wildman–Crippen LogP) is 31.9. The van der Waals surface area contributed by atoms with Crippen LogP contribution in [0.3, 0.4) is 0 Å². The Labute approximate surface area is 802 Å².